The Hall–Kier alpha value is -2.31. The van der Waals surface area contributed by atoms with Gasteiger partial charge in [-0.1, -0.05) is 0 Å². The van der Waals surface area contributed by atoms with Gasteiger partial charge in [0.25, 0.3) is 0 Å². The maximum atomic E-state index is 5.83. The SMILES string of the molecule is Cl.Cl.[CH2]=[Zr]([C]1=CC=CC1)([c]1cc(C(C)(C)C)cc2c1Cc1ccc(C(C)(C)C)cc1-2)([CH](C)c1ccccc1)[CH](C)c1ccccc1. The molecule has 2 aliphatic rings. The van der Waals surface area contributed by atoms with Crippen molar-refractivity contribution in [2.75, 3.05) is 0 Å². The predicted molar refractivity (Wildman–Crippen MR) is 205 cm³/mol. The molecule has 0 nitrogen and oxygen atoms in total. The van der Waals surface area contributed by atoms with Crippen molar-refractivity contribution in [3.8, 4) is 11.1 Å². The van der Waals surface area contributed by atoms with Gasteiger partial charge in [0, 0.05) is 0 Å². The maximum absolute atomic E-state index is 5.83. The molecule has 4 aromatic carbocycles. The molecule has 0 bridgehead atoms. The summed E-state index contributed by atoms with van der Waals surface area (Å²) < 4.78 is 9.66. The van der Waals surface area contributed by atoms with E-state index in [9.17, 15) is 0 Å². The first kappa shape index (κ1) is 36.5. The van der Waals surface area contributed by atoms with Crippen LogP contribution in [0.1, 0.15) is 102 Å². The van der Waals surface area contributed by atoms with E-state index in [4.69, 9.17) is 4.21 Å². The molecule has 6 rings (SSSR count). The van der Waals surface area contributed by atoms with Crippen LogP contribution in [0.25, 0.3) is 11.1 Å². The van der Waals surface area contributed by atoms with Crippen molar-refractivity contribution in [3.05, 3.63) is 146 Å². The Morgan fingerprint density at radius 1 is 0.652 bits per heavy atom. The van der Waals surface area contributed by atoms with Gasteiger partial charge in [-0.25, -0.2) is 0 Å². The van der Waals surface area contributed by atoms with Gasteiger partial charge in [-0.3, -0.25) is 0 Å². The van der Waals surface area contributed by atoms with Crippen LogP contribution in [0.3, 0.4) is 0 Å². The first-order chi connectivity index (χ1) is 20.7. The number of hydrogen-bond donors (Lipinski definition) is 0. The van der Waals surface area contributed by atoms with Gasteiger partial charge in [0.15, 0.2) is 0 Å². The minimum atomic E-state index is -4.64. The average molecular weight is 731 g/mol. The molecule has 0 aromatic heterocycles. The second-order valence-electron chi connectivity index (χ2n) is 15.8. The fraction of sp³-hybridized carbons (Fsp3) is 0.326. The van der Waals surface area contributed by atoms with Gasteiger partial charge in [0.1, 0.15) is 0 Å². The zero-order chi connectivity index (χ0) is 31.5. The van der Waals surface area contributed by atoms with Crippen molar-refractivity contribution in [2.24, 2.45) is 0 Å². The Morgan fingerprint density at radius 3 is 1.65 bits per heavy atom. The Balaban J connectivity index is 0.00000240. The molecule has 4 aromatic rings. The molecule has 2 atom stereocenters. The summed E-state index contributed by atoms with van der Waals surface area (Å²) in [6.45, 7) is 19.2. The van der Waals surface area contributed by atoms with E-state index in [0.717, 1.165) is 12.8 Å². The number of allylic oxidation sites excluding steroid dienone is 4. The Morgan fingerprint density at radius 2 is 1.17 bits per heavy atom. The van der Waals surface area contributed by atoms with Crippen molar-refractivity contribution in [2.45, 2.75) is 86.3 Å². The second kappa shape index (κ2) is 13.0. The molecule has 0 saturated heterocycles. The monoisotopic (exact) mass is 728 g/mol. The van der Waals surface area contributed by atoms with Crippen molar-refractivity contribution in [1.82, 2.24) is 0 Å². The quantitative estimate of drug-likeness (QED) is 0.163. The summed E-state index contributed by atoms with van der Waals surface area (Å²) in [6, 6.07) is 35.1. The number of benzene rings is 4. The summed E-state index contributed by atoms with van der Waals surface area (Å²) in [4.78, 5) is 0. The normalized spacial score (nSPS) is 15.6. The first-order valence-corrected chi connectivity index (χ1v) is 23.6. The summed E-state index contributed by atoms with van der Waals surface area (Å²) >= 11 is -4.64. The van der Waals surface area contributed by atoms with Crippen molar-refractivity contribution < 1.29 is 18.3 Å². The van der Waals surface area contributed by atoms with E-state index in [2.05, 4.69) is 165 Å². The van der Waals surface area contributed by atoms with E-state index >= 15 is 0 Å². The van der Waals surface area contributed by atoms with Crippen LogP contribution in [-0.4, -0.2) is 4.21 Å². The molecule has 0 fully saturated rings. The summed E-state index contributed by atoms with van der Waals surface area (Å²) in [5, 5.41) is 0. The number of halogens is 2. The fourth-order valence-corrected chi connectivity index (χ4v) is 27.0. The second-order valence-corrected chi connectivity index (χ2v) is 31.0. The van der Waals surface area contributed by atoms with Crippen LogP contribution in [0.5, 0.6) is 0 Å². The van der Waals surface area contributed by atoms with Crippen LogP contribution in [0.15, 0.2) is 113 Å². The summed E-state index contributed by atoms with van der Waals surface area (Å²) in [6.07, 6.45) is 9.15. The molecular weight excluding hydrogens is 679 g/mol. The molecule has 0 heterocycles. The van der Waals surface area contributed by atoms with E-state index in [-0.39, 0.29) is 35.6 Å². The predicted octanol–water partition coefficient (Wildman–Crippen LogP) is 11.8. The van der Waals surface area contributed by atoms with Crippen molar-refractivity contribution >= 4 is 32.3 Å². The molecule has 0 aliphatic heterocycles. The van der Waals surface area contributed by atoms with Gasteiger partial charge in [-0.05, 0) is 0 Å². The molecular formula is C43H52Cl2Zr. The molecule has 3 heteroatoms. The molecule has 0 radical (unpaired) electrons. The van der Waals surface area contributed by atoms with Crippen LogP contribution in [0, 0.1) is 0 Å². The summed E-state index contributed by atoms with van der Waals surface area (Å²) in [5.41, 5.74) is 11.7. The molecule has 2 aliphatic carbocycles. The third-order valence-electron chi connectivity index (χ3n) is 11.5. The zero-order valence-corrected chi connectivity index (χ0v) is 33.1. The molecule has 0 N–H and O–H groups in total. The number of rotatable bonds is 6. The van der Waals surface area contributed by atoms with Crippen LogP contribution in [0.4, 0.5) is 0 Å². The first-order valence-electron chi connectivity index (χ1n) is 16.6. The number of hydrogen-bond acceptors (Lipinski definition) is 0. The standard InChI is InChI=1S/C21H25.2C8H9.C5H5.CH2.2ClH.Zr/c1-20(2,3)16-9-7-14-11-15-8-10-17(21(4,5)6)13-19(15)18(14)12-16;2*1-2-8-6-4-3-5-7-8;1-2-4-5-3-1;;;;/h7,9-10,12-13H,11H2,1-6H3;2*2-7H,1H3;1-3H,4H2;1H2;2*1H;. The molecule has 0 amide bonds. The van der Waals surface area contributed by atoms with Crippen LogP contribution in [0.2, 0.25) is 0 Å². The number of fused-ring (bicyclic) bond motifs is 3. The van der Waals surface area contributed by atoms with Gasteiger partial charge < -0.3 is 0 Å². The average Bonchev–Trinajstić information content (AvgIpc) is 3.68. The fourth-order valence-electron chi connectivity index (χ4n) is 8.40. The minimum absolute atomic E-state index is 0. The molecule has 46 heavy (non-hydrogen) atoms. The van der Waals surface area contributed by atoms with Crippen LogP contribution >= 0.6 is 24.8 Å². The van der Waals surface area contributed by atoms with Gasteiger partial charge in [-0.15, -0.1) is 24.8 Å². The van der Waals surface area contributed by atoms with Crippen molar-refractivity contribution in [3.63, 3.8) is 0 Å². The molecule has 2 unspecified atom stereocenters. The van der Waals surface area contributed by atoms with Crippen LogP contribution in [-0.2, 0) is 35.5 Å². The van der Waals surface area contributed by atoms with Gasteiger partial charge in [0.2, 0.25) is 0 Å². The topological polar surface area (TPSA) is 0 Å². The van der Waals surface area contributed by atoms with Gasteiger partial charge in [-0.2, -0.15) is 0 Å². The van der Waals surface area contributed by atoms with E-state index in [1.165, 1.54) is 44.5 Å². The van der Waals surface area contributed by atoms with E-state index in [1.54, 1.807) is 6.55 Å². The van der Waals surface area contributed by atoms with Crippen LogP contribution < -0.4 is 3.27 Å². The summed E-state index contributed by atoms with van der Waals surface area (Å²) in [5.74, 6) is 0. The third-order valence-corrected chi connectivity index (χ3v) is 31.7. The molecule has 0 saturated carbocycles. The van der Waals surface area contributed by atoms with E-state index < -0.39 is 18.3 Å². The molecule has 242 valence electrons. The zero-order valence-electron chi connectivity index (χ0n) is 29.0. The Labute approximate surface area is 291 Å². The van der Waals surface area contributed by atoms with Gasteiger partial charge >= 0.3 is 269 Å². The molecule has 0 spiro atoms. The third kappa shape index (κ3) is 5.74. The van der Waals surface area contributed by atoms with Gasteiger partial charge in [0.05, 0.1) is 0 Å². The van der Waals surface area contributed by atoms with E-state index in [0.29, 0.717) is 7.25 Å². The Kier molecular flexibility index (Phi) is 10.3. The van der Waals surface area contributed by atoms with E-state index in [1.807, 2.05) is 0 Å². The Bertz CT molecular complexity index is 1800. The van der Waals surface area contributed by atoms with Crippen molar-refractivity contribution in [1.29, 1.82) is 0 Å². The summed E-state index contributed by atoms with van der Waals surface area (Å²) in [7, 11) is 0.